The Morgan fingerprint density at radius 2 is 1.91 bits per heavy atom. The molecule has 1 aliphatic heterocycles. The van der Waals surface area contributed by atoms with Crippen molar-refractivity contribution in [2.24, 2.45) is 4.99 Å². The van der Waals surface area contributed by atoms with Gasteiger partial charge in [-0.15, -0.1) is 0 Å². The summed E-state index contributed by atoms with van der Waals surface area (Å²) in [5.74, 6) is 0.468. The second-order valence-corrected chi connectivity index (χ2v) is 9.56. The van der Waals surface area contributed by atoms with E-state index in [0.29, 0.717) is 28.5 Å². The van der Waals surface area contributed by atoms with Crippen LogP contribution in [0, 0.1) is 10.1 Å². The Morgan fingerprint density at radius 1 is 1.17 bits per heavy atom. The van der Waals surface area contributed by atoms with Crippen LogP contribution in [0.2, 0.25) is 0 Å². The van der Waals surface area contributed by atoms with Crippen LogP contribution in [0.3, 0.4) is 0 Å². The van der Waals surface area contributed by atoms with Crippen LogP contribution in [-0.2, 0) is 0 Å². The van der Waals surface area contributed by atoms with Gasteiger partial charge in [-0.1, -0.05) is 54.9 Å². The molecule has 0 bridgehead atoms. The van der Waals surface area contributed by atoms with Crippen LogP contribution in [0.5, 0.6) is 0 Å². The summed E-state index contributed by atoms with van der Waals surface area (Å²) in [6, 6.07) is 9.91. The average Bonchev–Trinajstić information content (AvgIpc) is 3.53. The summed E-state index contributed by atoms with van der Waals surface area (Å²) in [6.45, 7) is 1.50. The molecular formula is C23H23N7O4S. The van der Waals surface area contributed by atoms with Crippen molar-refractivity contribution in [1.29, 1.82) is 0 Å². The van der Waals surface area contributed by atoms with Gasteiger partial charge in [-0.25, -0.2) is 5.43 Å². The van der Waals surface area contributed by atoms with Crippen LogP contribution in [-0.4, -0.2) is 32.2 Å². The van der Waals surface area contributed by atoms with E-state index in [9.17, 15) is 19.7 Å². The molecule has 2 N–H and O–H groups in total. The first kappa shape index (κ1) is 22.9. The highest BCUT2D eigenvalue weighted by Crippen LogP contribution is 2.35. The number of rotatable bonds is 6. The first-order valence-corrected chi connectivity index (χ1v) is 12.1. The Labute approximate surface area is 204 Å². The van der Waals surface area contributed by atoms with Crippen molar-refractivity contribution in [3.8, 4) is 0 Å². The summed E-state index contributed by atoms with van der Waals surface area (Å²) in [6.07, 6.45) is 7.11. The number of Topliss-reactive ketones (excluding diaryl/α,β-unsaturated/α-hetero) is 1. The minimum atomic E-state index is -0.526. The summed E-state index contributed by atoms with van der Waals surface area (Å²) in [4.78, 5) is 40.1. The second kappa shape index (κ2) is 9.39. The van der Waals surface area contributed by atoms with Gasteiger partial charge in [0, 0.05) is 17.5 Å². The number of amidine groups is 1. The molecule has 2 aromatic heterocycles. The van der Waals surface area contributed by atoms with Gasteiger partial charge in [-0.2, -0.15) is 15.6 Å². The summed E-state index contributed by atoms with van der Waals surface area (Å²) in [5.41, 5.74) is 9.27. The van der Waals surface area contributed by atoms with E-state index in [0.717, 1.165) is 37.0 Å². The van der Waals surface area contributed by atoms with E-state index in [1.54, 1.807) is 30.5 Å². The molecule has 1 saturated carbocycles. The average molecular weight is 494 g/mol. The van der Waals surface area contributed by atoms with Crippen molar-refractivity contribution in [3.63, 3.8) is 0 Å². The number of nitro groups is 1. The number of nitrogens with zero attached hydrogens (tertiary/aromatic N) is 5. The van der Waals surface area contributed by atoms with E-state index >= 15 is 0 Å². The van der Waals surface area contributed by atoms with Gasteiger partial charge in [-0.3, -0.25) is 24.4 Å². The molecule has 3 aromatic rings. The smallest absolute Gasteiger partial charge is 0.324 e. The summed E-state index contributed by atoms with van der Waals surface area (Å²) < 4.78 is 1.91. The lowest BCUT2D eigenvalue weighted by Crippen LogP contribution is -3.11. The van der Waals surface area contributed by atoms with Gasteiger partial charge < -0.3 is 4.99 Å². The third kappa shape index (κ3) is 4.57. The van der Waals surface area contributed by atoms with Crippen LogP contribution < -0.4 is 10.5 Å². The predicted octanol–water partition coefficient (Wildman–Crippen LogP) is 3.80. The standard InChI is InChI=1S/C23H23N7O4S/c1-14(31)15-7-9-16(10-8-15)21-25-22-18(13-24-28(22)17-5-3-2-4-6-17)29(26-21)27-23(32)19-11-12-20(35-19)30(33)34/h7-13,17,29H,2-6H2,1H3,(H-,24,25,26,27,32). The second-order valence-electron chi connectivity index (χ2n) is 8.50. The van der Waals surface area contributed by atoms with Gasteiger partial charge in [0.15, 0.2) is 5.78 Å². The number of thiophene rings is 1. The largest absolute Gasteiger partial charge is 0.411 e. The topological polar surface area (TPSA) is 138 Å². The zero-order valence-electron chi connectivity index (χ0n) is 18.9. The van der Waals surface area contributed by atoms with Crippen molar-refractivity contribution >= 4 is 45.4 Å². The summed E-state index contributed by atoms with van der Waals surface area (Å²) in [7, 11) is 0. The van der Waals surface area contributed by atoms with Gasteiger partial charge in [0.25, 0.3) is 0 Å². The molecule has 35 heavy (non-hydrogen) atoms. The quantitative estimate of drug-likeness (QED) is 0.306. The number of nitrogens with one attached hydrogen (secondary N) is 2. The minimum absolute atomic E-state index is 0.0405. The van der Waals surface area contributed by atoms with Crippen molar-refractivity contribution in [3.05, 3.63) is 74.1 Å². The molecule has 0 saturated heterocycles. The fourth-order valence-electron chi connectivity index (χ4n) is 4.31. The molecule has 0 spiro atoms. The van der Waals surface area contributed by atoms with Crippen LogP contribution in [0.4, 0.5) is 16.5 Å². The number of carbonyl (C=O) groups is 2. The molecule has 12 heteroatoms. The van der Waals surface area contributed by atoms with Crippen molar-refractivity contribution in [2.75, 3.05) is 0 Å². The number of benzene rings is 1. The number of aromatic nitrogens is 2. The molecule has 2 aliphatic rings. The molecule has 1 fully saturated rings. The van der Waals surface area contributed by atoms with Crippen molar-refractivity contribution < 1.29 is 19.6 Å². The zero-order valence-corrected chi connectivity index (χ0v) is 19.7. The maximum atomic E-state index is 12.9. The fraction of sp³-hybridized carbons (Fsp3) is 0.304. The zero-order chi connectivity index (χ0) is 24.5. The SMILES string of the molecule is CC(=O)c1ccc(C2=Nc3c(cnn3C3CCCCC3)[NH+](NC(=O)c3ccc([N+](=O)[O-])s3)[N-]2)cc1. The Bertz CT molecular complexity index is 1320. The maximum absolute atomic E-state index is 12.9. The van der Waals surface area contributed by atoms with E-state index in [1.807, 2.05) is 4.68 Å². The van der Waals surface area contributed by atoms with Crippen molar-refractivity contribution in [1.82, 2.24) is 15.2 Å². The lowest BCUT2D eigenvalue weighted by Gasteiger charge is -2.32. The van der Waals surface area contributed by atoms with Gasteiger partial charge in [0.1, 0.15) is 16.9 Å². The van der Waals surface area contributed by atoms with Gasteiger partial charge >= 0.3 is 10.9 Å². The lowest BCUT2D eigenvalue weighted by molar-refractivity contribution is -0.826. The van der Waals surface area contributed by atoms with E-state index in [1.165, 1.54) is 25.5 Å². The molecule has 1 aliphatic carbocycles. The third-order valence-corrected chi connectivity index (χ3v) is 7.19. The molecule has 1 unspecified atom stereocenters. The maximum Gasteiger partial charge on any atom is 0.324 e. The van der Waals surface area contributed by atoms with E-state index in [4.69, 9.17) is 4.99 Å². The Kier molecular flexibility index (Phi) is 6.14. The van der Waals surface area contributed by atoms with E-state index in [2.05, 4.69) is 16.0 Å². The highest BCUT2D eigenvalue weighted by atomic mass is 32.1. The fourth-order valence-corrected chi connectivity index (χ4v) is 5.03. The number of aliphatic imine (C=N–C) groups is 1. The van der Waals surface area contributed by atoms with E-state index < -0.39 is 10.8 Å². The van der Waals surface area contributed by atoms with Crippen LogP contribution in [0.15, 0.2) is 47.6 Å². The molecule has 11 nitrogen and oxygen atoms in total. The van der Waals surface area contributed by atoms with Gasteiger partial charge in [0.05, 0.1) is 11.0 Å². The van der Waals surface area contributed by atoms with Crippen molar-refractivity contribution in [2.45, 2.75) is 45.1 Å². The molecule has 5 rings (SSSR count). The predicted molar refractivity (Wildman–Crippen MR) is 129 cm³/mol. The number of quaternary nitrogens is 1. The number of fused-ring (bicyclic) bond motifs is 1. The molecule has 1 aromatic carbocycles. The molecule has 0 radical (unpaired) electrons. The lowest BCUT2D eigenvalue weighted by atomic mass is 9.96. The Hall–Kier alpha value is -3.90. The highest BCUT2D eigenvalue weighted by Gasteiger charge is 2.29. The molecule has 3 heterocycles. The first-order valence-electron chi connectivity index (χ1n) is 11.3. The van der Waals surface area contributed by atoms with Crippen LogP contribution in [0.25, 0.3) is 5.43 Å². The minimum Gasteiger partial charge on any atom is -0.411 e. The van der Waals surface area contributed by atoms with Crippen LogP contribution >= 0.6 is 11.3 Å². The molecular weight excluding hydrogens is 470 g/mol. The molecule has 1 amide bonds. The van der Waals surface area contributed by atoms with Crippen LogP contribution in [0.1, 0.15) is 70.7 Å². The highest BCUT2D eigenvalue weighted by molar-refractivity contribution is 7.17. The normalized spacial score (nSPS) is 17.7. The number of hydrogen-bond acceptors (Lipinski definition) is 7. The number of carbonyl (C=O) groups excluding carboxylic acids is 2. The number of ketones is 1. The summed E-state index contributed by atoms with van der Waals surface area (Å²) >= 11 is 0.799. The van der Waals surface area contributed by atoms with E-state index in [-0.39, 0.29) is 26.8 Å². The first-order chi connectivity index (χ1) is 16.9. The Morgan fingerprint density at radius 3 is 2.57 bits per heavy atom. The monoisotopic (exact) mass is 493 g/mol. The molecule has 1 atom stereocenters. The van der Waals surface area contributed by atoms with Gasteiger partial charge in [-0.05, 0) is 31.4 Å². The molecule has 180 valence electrons. The number of hydrogen-bond donors (Lipinski definition) is 2. The summed E-state index contributed by atoms with van der Waals surface area (Å²) in [5, 5.41) is 15.8. The Balaban J connectivity index is 1.49. The van der Waals surface area contributed by atoms with Gasteiger partial charge in [0.2, 0.25) is 5.69 Å². The third-order valence-electron chi connectivity index (χ3n) is 6.15. The number of amides is 1.